The van der Waals surface area contributed by atoms with Gasteiger partial charge in [0.05, 0.1) is 12.2 Å². The average molecular weight is 265 g/mol. The van der Waals surface area contributed by atoms with E-state index in [0.717, 1.165) is 0 Å². The lowest BCUT2D eigenvalue weighted by atomic mass is 10.2. The maximum atomic E-state index is 13.2. The van der Waals surface area contributed by atoms with Crippen LogP contribution in [0.5, 0.6) is 0 Å². The number of hydrogen-bond donors (Lipinski definition) is 1. The van der Waals surface area contributed by atoms with Crippen LogP contribution in [0.1, 0.15) is 24.1 Å². The summed E-state index contributed by atoms with van der Waals surface area (Å²) in [7, 11) is 0. The van der Waals surface area contributed by atoms with Crippen molar-refractivity contribution in [3.05, 3.63) is 17.2 Å². The van der Waals surface area contributed by atoms with Gasteiger partial charge in [-0.05, 0) is 0 Å². The lowest BCUT2D eigenvalue weighted by Crippen LogP contribution is -2.34. The zero-order valence-corrected chi connectivity index (χ0v) is 10.0. The standard InChI is InChI=1S/C11H15F4N3/c1-2-9-17-7-5-16-4-3-8(7)18(9)6-11(14,15)10(12)13/h10,16H,2-6H2,1H3. The van der Waals surface area contributed by atoms with Gasteiger partial charge in [0.2, 0.25) is 0 Å². The summed E-state index contributed by atoms with van der Waals surface area (Å²) in [6.07, 6.45) is -2.66. The second-order valence-electron chi connectivity index (χ2n) is 4.35. The number of alkyl halides is 4. The molecule has 0 bridgehead atoms. The van der Waals surface area contributed by atoms with Crippen LogP contribution in [-0.2, 0) is 25.9 Å². The first-order valence-electron chi connectivity index (χ1n) is 5.89. The Hall–Kier alpha value is -1.11. The van der Waals surface area contributed by atoms with Gasteiger partial charge in [0.25, 0.3) is 0 Å². The highest BCUT2D eigenvalue weighted by Crippen LogP contribution is 2.28. The number of hydrogen-bond acceptors (Lipinski definition) is 2. The fraction of sp³-hybridized carbons (Fsp3) is 0.727. The van der Waals surface area contributed by atoms with Gasteiger partial charge in [-0.25, -0.2) is 13.8 Å². The van der Waals surface area contributed by atoms with Gasteiger partial charge in [0.15, 0.2) is 0 Å². The van der Waals surface area contributed by atoms with Crippen molar-refractivity contribution >= 4 is 0 Å². The van der Waals surface area contributed by atoms with Crippen molar-refractivity contribution in [1.29, 1.82) is 0 Å². The fourth-order valence-electron chi connectivity index (χ4n) is 2.16. The van der Waals surface area contributed by atoms with Gasteiger partial charge in [0, 0.05) is 31.6 Å². The summed E-state index contributed by atoms with van der Waals surface area (Å²) in [5.41, 5.74) is 1.36. The molecular formula is C11H15F4N3. The van der Waals surface area contributed by atoms with Gasteiger partial charge in [0.1, 0.15) is 5.82 Å². The summed E-state index contributed by atoms with van der Waals surface area (Å²) in [5.74, 6) is -3.56. The predicted molar refractivity (Wildman–Crippen MR) is 58.0 cm³/mol. The molecule has 1 aromatic rings. The normalized spacial score (nSPS) is 16.1. The van der Waals surface area contributed by atoms with Crippen LogP contribution in [0.4, 0.5) is 17.6 Å². The fourth-order valence-corrected chi connectivity index (χ4v) is 2.16. The van der Waals surface area contributed by atoms with Crippen LogP contribution in [-0.4, -0.2) is 28.4 Å². The van der Waals surface area contributed by atoms with Crippen molar-refractivity contribution < 1.29 is 17.6 Å². The van der Waals surface area contributed by atoms with E-state index in [1.54, 1.807) is 6.92 Å². The molecular weight excluding hydrogens is 250 g/mol. The van der Waals surface area contributed by atoms with Gasteiger partial charge in [-0.15, -0.1) is 0 Å². The van der Waals surface area contributed by atoms with Gasteiger partial charge in [-0.2, -0.15) is 8.78 Å². The van der Waals surface area contributed by atoms with Crippen molar-refractivity contribution in [2.75, 3.05) is 6.54 Å². The third-order valence-electron chi connectivity index (χ3n) is 3.07. The zero-order valence-electron chi connectivity index (χ0n) is 10.0. The second kappa shape index (κ2) is 4.87. The molecule has 7 heteroatoms. The Bertz CT molecular complexity index is 428. The summed E-state index contributed by atoms with van der Waals surface area (Å²) >= 11 is 0. The molecule has 1 aliphatic rings. The highest BCUT2D eigenvalue weighted by molar-refractivity contribution is 5.20. The average Bonchev–Trinajstić information content (AvgIpc) is 2.67. The van der Waals surface area contributed by atoms with Crippen molar-refractivity contribution in [3.63, 3.8) is 0 Å². The number of fused-ring (bicyclic) bond motifs is 1. The van der Waals surface area contributed by atoms with Gasteiger partial charge >= 0.3 is 12.3 Å². The lowest BCUT2D eigenvalue weighted by Gasteiger charge is -2.21. The van der Waals surface area contributed by atoms with Gasteiger partial charge in [-0.1, -0.05) is 6.92 Å². The Morgan fingerprint density at radius 2 is 2.17 bits per heavy atom. The van der Waals surface area contributed by atoms with E-state index in [1.165, 1.54) is 4.57 Å². The molecule has 0 radical (unpaired) electrons. The molecule has 2 heterocycles. The molecule has 0 unspecified atom stereocenters. The van der Waals surface area contributed by atoms with Gasteiger partial charge < -0.3 is 9.88 Å². The molecule has 102 valence electrons. The van der Waals surface area contributed by atoms with E-state index in [9.17, 15) is 17.6 Å². The number of aryl methyl sites for hydroxylation is 1. The molecule has 1 aromatic heterocycles. The van der Waals surface area contributed by atoms with Crippen molar-refractivity contribution in [3.8, 4) is 0 Å². The number of nitrogens with one attached hydrogen (secondary N) is 1. The van der Waals surface area contributed by atoms with E-state index in [0.29, 0.717) is 43.1 Å². The topological polar surface area (TPSA) is 29.9 Å². The van der Waals surface area contributed by atoms with Crippen LogP contribution >= 0.6 is 0 Å². The highest BCUT2D eigenvalue weighted by Gasteiger charge is 2.42. The monoisotopic (exact) mass is 265 g/mol. The van der Waals surface area contributed by atoms with E-state index in [-0.39, 0.29) is 0 Å². The second-order valence-corrected chi connectivity index (χ2v) is 4.35. The predicted octanol–water partition coefficient (Wildman–Crippen LogP) is 1.99. The molecule has 0 fully saturated rings. The summed E-state index contributed by atoms with van der Waals surface area (Å²) in [6, 6.07) is 0. The van der Waals surface area contributed by atoms with Crippen molar-refractivity contribution in [2.45, 2.75) is 45.2 Å². The minimum absolute atomic E-state index is 0.448. The first-order chi connectivity index (χ1) is 8.45. The summed E-state index contributed by atoms with van der Waals surface area (Å²) in [5, 5.41) is 3.08. The third kappa shape index (κ3) is 2.36. The first-order valence-corrected chi connectivity index (χ1v) is 5.89. The molecule has 2 rings (SSSR count). The maximum absolute atomic E-state index is 13.2. The third-order valence-corrected chi connectivity index (χ3v) is 3.07. The Labute approximate surface area is 102 Å². The van der Waals surface area contributed by atoms with Gasteiger partial charge in [-0.3, -0.25) is 0 Å². The largest absolute Gasteiger partial charge is 0.325 e. The molecule has 1 aliphatic heterocycles. The van der Waals surface area contributed by atoms with Crippen LogP contribution in [0, 0.1) is 0 Å². The van der Waals surface area contributed by atoms with E-state index >= 15 is 0 Å². The molecule has 0 saturated carbocycles. The SMILES string of the molecule is CCc1nc2c(n1CC(F)(F)C(F)F)CCNC2. The summed E-state index contributed by atoms with van der Waals surface area (Å²) in [4.78, 5) is 4.23. The van der Waals surface area contributed by atoms with Crippen LogP contribution in [0.15, 0.2) is 0 Å². The van der Waals surface area contributed by atoms with Crippen molar-refractivity contribution in [1.82, 2.24) is 14.9 Å². The molecule has 1 N–H and O–H groups in total. The van der Waals surface area contributed by atoms with Crippen LogP contribution in [0.2, 0.25) is 0 Å². The molecule has 0 atom stereocenters. The number of imidazole rings is 1. The Balaban J connectivity index is 2.34. The first kappa shape index (κ1) is 13.3. The molecule has 0 saturated heterocycles. The smallest absolute Gasteiger partial charge is 0.324 e. The zero-order chi connectivity index (χ0) is 13.3. The molecule has 3 nitrogen and oxygen atoms in total. The molecule has 0 spiro atoms. The van der Waals surface area contributed by atoms with E-state index in [4.69, 9.17) is 0 Å². The Morgan fingerprint density at radius 3 is 2.78 bits per heavy atom. The van der Waals surface area contributed by atoms with E-state index in [1.807, 2.05) is 0 Å². The molecule has 18 heavy (non-hydrogen) atoms. The van der Waals surface area contributed by atoms with Crippen molar-refractivity contribution in [2.24, 2.45) is 0 Å². The molecule has 0 aromatic carbocycles. The number of halogens is 4. The quantitative estimate of drug-likeness (QED) is 0.844. The molecule has 0 amide bonds. The van der Waals surface area contributed by atoms with Crippen LogP contribution in [0.3, 0.4) is 0 Å². The minimum atomic E-state index is -4.01. The van der Waals surface area contributed by atoms with Crippen LogP contribution < -0.4 is 5.32 Å². The number of aromatic nitrogens is 2. The Morgan fingerprint density at radius 1 is 1.44 bits per heavy atom. The summed E-state index contributed by atoms with van der Waals surface area (Å²) < 4.78 is 52.2. The Kier molecular flexibility index (Phi) is 3.61. The maximum Gasteiger partial charge on any atom is 0.324 e. The van der Waals surface area contributed by atoms with E-state index in [2.05, 4.69) is 10.3 Å². The number of nitrogens with zero attached hydrogens (tertiary/aromatic N) is 2. The van der Waals surface area contributed by atoms with E-state index < -0.39 is 18.9 Å². The molecule has 0 aliphatic carbocycles. The minimum Gasteiger partial charge on any atom is -0.325 e. The number of rotatable bonds is 4. The highest BCUT2D eigenvalue weighted by atomic mass is 19.3. The summed E-state index contributed by atoms with van der Waals surface area (Å²) in [6.45, 7) is 1.95. The van der Waals surface area contributed by atoms with Crippen LogP contribution in [0.25, 0.3) is 0 Å². The lowest BCUT2D eigenvalue weighted by molar-refractivity contribution is -0.138.